The zero-order valence-corrected chi connectivity index (χ0v) is 10.7. The van der Waals surface area contributed by atoms with Gasteiger partial charge < -0.3 is 10.6 Å². The zero-order valence-electron chi connectivity index (χ0n) is 10.7. The highest BCUT2D eigenvalue weighted by Crippen LogP contribution is 2.12. The molecule has 0 spiro atoms. The number of hydrogen-bond donors (Lipinski definition) is 1. The van der Waals surface area contributed by atoms with E-state index in [4.69, 9.17) is 5.73 Å². The zero-order chi connectivity index (χ0) is 12.0. The van der Waals surface area contributed by atoms with Gasteiger partial charge in [-0.1, -0.05) is 43.7 Å². The van der Waals surface area contributed by atoms with Gasteiger partial charge in [-0.05, 0) is 32.0 Å². The standard InChI is InChI=1S/C14H24N2/c1-4-10-16(5-2)11-14(15)13-8-6-12(3)7-9-13/h6-9,14H,4-5,10-11,15H2,1-3H3. The molecule has 90 valence electrons. The predicted octanol–water partition coefficient (Wildman–Crippen LogP) is 2.73. The highest BCUT2D eigenvalue weighted by atomic mass is 15.1. The molecule has 16 heavy (non-hydrogen) atoms. The van der Waals surface area contributed by atoms with Gasteiger partial charge in [0.2, 0.25) is 0 Å². The smallest absolute Gasteiger partial charge is 0.0424 e. The molecule has 0 fully saturated rings. The first-order chi connectivity index (χ1) is 7.67. The van der Waals surface area contributed by atoms with Gasteiger partial charge in [0.05, 0.1) is 0 Å². The maximum absolute atomic E-state index is 6.21. The van der Waals surface area contributed by atoms with E-state index < -0.39 is 0 Å². The lowest BCUT2D eigenvalue weighted by molar-refractivity contribution is 0.271. The van der Waals surface area contributed by atoms with Crippen molar-refractivity contribution < 1.29 is 0 Å². The fourth-order valence-corrected chi connectivity index (χ4v) is 1.89. The van der Waals surface area contributed by atoms with Crippen LogP contribution in [0.2, 0.25) is 0 Å². The molecule has 0 saturated heterocycles. The van der Waals surface area contributed by atoms with E-state index in [0.717, 1.165) is 19.6 Å². The molecule has 0 radical (unpaired) electrons. The maximum atomic E-state index is 6.21. The van der Waals surface area contributed by atoms with Crippen LogP contribution in [0.25, 0.3) is 0 Å². The monoisotopic (exact) mass is 220 g/mol. The molecule has 2 heteroatoms. The molecule has 1 unspecified atom stereocenters. The lowest BCUT2D eigenvalue weighted by atomic mass is 10.1. The number of benzene rings is 1. The fourth-order valence-electron chi connectivity index (χ4n) is 1.89. The van der Waals surface area contributed by atoms with Crippen molar-refractivity contribution in [3.8, 4) is 0 Å². The molecule has 0 aliphatic rings. The van der Waals surface area contributed by atoms with Crippen LogP contribution in [-0.4, -0.2) is 24.5 Å². The number of rotatable bonds is 6. The van der Waals surface area contributed by atoms with Gasteiger partial charge in [-0.25, -0.2) is 0 Å². The fraction of sp³-hybridized carbons (Fsp3) is 0.571. The molecule has 0 amide bonds. The molecular formula is C14H24N2. The molecule has 1 atom stereocenters. The first-order valence-electron chi connectivity index (χ1n) is 6.21. The van der Waals surface area contributed by atoms with Crippen LogP contribution in [0.3, 0.4) is 0 Å². The van der Waals surface area contributed by atoms with Crippen molar-refractivity contribution in [2.75, 3.05) is 19.6 Å². The first kappa shape index (κ1) is 13.2. The van der Waals surface area contributed by atoms with E-state index in [1.54, 1.807) is 0 Å². The van der Waals surface area contributed by atoms with Crippen LogP contribution < -0.4 is 5.73 Å². The van der Waals surface area contributed by atoms with Crippen molar-refractivity contribution in [2.24, 2.45) is 5.73 Å². The summed E-state index contributed by atoms with van der Waals surface area (Å²) in [6, 6.07) is 8.67. The SMILES string of the molecule is CCCN(CC)CC(N)c1ccc(C)cc1. The van der Waals surface area contributed by atoms with Crippen LogP contribution in [-0.2, 0) is 0 Å². The first-order valence-corrected chi connectivity index (χ1v) is 6.21. The average molecular weight is 220 g/mol. The summed E-state index contributed by atoms with van der Waals surface area (Å²) in [6.07, 6.45) is 1.19. The second-order valence-corrected chi connectivity index (χ2v) is 4.41. The molecule has 0 saturated carbocycles. The van der Waals surface area contributed by atoms with E-state index in [9.17, 15) is 0 Å². The normalized spacial score (nSPS) is 13.1. The quantitative estimate of drug-likeness (QED) is 0.798. The molecule has 0 aromatic heterocycles. The van der Waals surface area contributed by atoms with Gasteiger partial charge in [-0.2, -0.15) is 0 Å². The molecule has 1 aromatic carbocycles. The molecular weight excluding hydrogens is 196 g/mol. The van der Waals surface area contributed by atoms with E-state index in [1.807, 2.05) is 0 Å². The lowest BCUT2D eigenvalue weighted by Crippen LogP contribution is -2.32. The second kappa shape index (κ2) is 6.66. The second-order valence-electron chi connectivity index (χ2n) is 4.41. The molecule has 2 nitrogen and oxygen atoms in total. The number of likely N-dealkylation sites (N-methyl/N-ethyl adjacent to an activating group) is 1. The van der Waals surface area contributed by atoms with Gasteiger partial charge >= 0.3 is 0 Å². The molecule has 1 aromatic rings. The van der Waals surface area contributed by atoms with Gasteiger partial charge in [0.25, 0.3) is 0 Å². The van der Waals surface area contributed by atoms with Crippen molar-refractivity contribution in [1.82, 2.24) is 4.90 Å². The topological polar surface area (TPSA) is 29.3 Å². The van der Waals surface area contributed by atoms with Crippen molar-refractivity contribution in [1.29, 1.82) is 0 Å². The summed E-state index contributed by atoms with van der Waals surface area (Å²) < 4.78 is 0. The Morgan fingerprint density at radius 3 is 2.31 bits per heavy atom. The molecule has 0 aliphatic heterocycles. The summed E-state index contributed by atoms with van der Waals surface area (Å²) in [5.41, 5.74) is 8.74. The Morgan fingerprint density at radius 2 is 1.81 bits per heavy atom. The van der Waals surface area contributed by atoms with Crippen molar-refractivity contribution in [2.45, 2.75) is 33.2 Å². The third-order valence-corrected chi connectivity index (χ3v) is 2.95. The van der Waals surface area contributed by atoms with E-state index >= 15 is 0 Å². The molecule has 0 heterocycles. The summed E-state index contributed by atoms with van der Waals surface area (Å²) in [7, 11) is 0. The van der Waals surface area contributed by atoms with Crippen molar-refractivity contribution >= 4 is 0 Å². The van der Waals surface area contributed by atoms with Crippen molar-refractivity contribution in [3.05, 3.63) is 35.4 Å². The summed E-state index contributed by atoms with van der Waals surface area (Å²) in [4.78, 5) is 2.41. The van der Waals surface area contributed by atoms with E-state index in [2.05, 4.69) is 49.9 Å². The number of nitrogens with two attached hydrogens (primary N) is 1. The minimum Gasteiger partial charge on any atom is -0.323 e. The maximum Gasteiger partial charge on any atom is 0.0424 e. The van der Waals surface area contributed by atoms with Gasteiger partial charge in [0.15, 0.2) is 0 Å². The van der Waals surface area contributed by atoms with E-state index in [-0.39, 0.29) is 6.04 Å². The highest BCUT2D eigenvalue weighted by molar-refractivity contribution is 5.24. The van der Waals surface area contributed by atoms with Crippen LogP contribution >= 0.6 is 0 Å². The third-order valence-electron chi connectivity index (χ3n) is 2.95. The molecule has 0 bridgehead atoms. The van der Waals surface area contributed by atoms with Crippen LogP contribution in [0.1, 0.15) is 37.4 Å². The highest BCUT2D eigenvalue weighted by Gasteiger charge is 2.09. The predicted molar refractivity (Wildman–Crippen MR) is 70.5 cm³/mol. The largest absolute Gasteiger partial charge is 0.323 e. The summed E-state index contributed by atoms with van der Waals surface area (Å²) >= 11 is 0. The van der Waals surface area contributed by atoms with Gasteiger partial charge in [-0.3, -0.25) is 0 Å². The molecule has 1 rings (SSSR count). The van der Waals surface area contributed by atoms with Crippen LogP contribution in [0.5, 0.6) is 0 Å². The minimum atomic E-state index is 0.132. The Balaban J connectivity index is 2.56. The van der Waals surface area contributed by atoms with E-state index in [0.29, 0.717) is 0 Å². The summed E-state index contributed by atoms with van der Waals surface area (Å²) in [5.74, 6) is 0. The van der Waals surface area contributed by atoms with Crippen LogP contribution in [0.4, 0.5) is 0 Å². The average Bonchev–Trinajstić information content (AvgIpc) is 2.29. The minimum absolute atomic E-state index is 0.132. The molecule has 0 aliphatic carbocycles. The number of hydrogen-bond acceptors (Lipinski definition) is 2. The van der Waals surface area contributed by atoms with Crippen molar-refractivity contribution in [3.63, 3.8) is 0 Å². The Hall–Kier alpha value is -0.860. The van der Waals surface area contributed by atoms with Crippen LogP contribution in [0.15, 0.2) is 24.3 Å². The van der Waals surface area contributed by atoms with Gasteiger partial charge in [0.1, 0.15) is 0 Å². The van der Waals surface area contributed by atoms with Gasteiger partial charge in [0, 0.05) is 12.6 Å². The number of nitrogens with zero attached hydrogens (tertiary/aromatic N) is 1. The van der Waals surface area contributed by atoms with Gasteiger partial charge in [-0.15, -0.1) is 0 Å². The Bertz CT molecular complexity index is 292. The Kier molecular flexibility index (Phi) is 5.50. The lowest BCUT2D eigenvalue weighted by Gasteiger charge is -2.23. The summed E-state index contributed by atoms with van der Waals surface area (Å²) in [6.45, 7) is 9.67. The Morgan fingerprint density at radius 1 is 1.19 bits per heavy atom. The molecule has 2 N–H and O–H groups in total. The summed E-state index contributed by atoms with van der Waals surface area (Å²) in [5, 5.41) is 0. The van der Waals surface area contributed by atoms with E-state index in [1.165, 1.54) is 17.5 Å². The number of aryl methyl sites for hydroxylation is 1. The van der Waals surface area contributed by atoms with Crippen LogP contribution in [0, 0.1) is 6.92 Å². The Labute approximate surface area is 99.5 Å². The third kappa shape index (κ3) is 3.95.